The average molecular weight is 410 g/mol. The normalized spacial score (nSPS) is 12.0. The van der Waals surface area contributed by atoms with E-state index in [1.165, 1.54) is 18.2 Å². The van der Waals surface area contributed by atoms with Crippen molar-refractivity contribution in [3.63, 3.8) is 0 Å². The summed E-state index contributed by atoms with van der Waals surface area (Å²) in [5, 5.41) is 10.7. The van der Waals surface area contributed by atoms with Gasteiger partial charge in [-0.1, -0.05) is 42.5 Å². The van der Waals surface area contributed by atoms with Crippen LogP contribution in [0.3, 0.4) is 0 Å². The minimum Gasteiger partial charge on any atom is -0.228 e. The molecule has 0 aliphatic heterocycles. The molecule has 30 heavy (non-hydrogen) atoms. The van der Waals surface area contributed by atoms with Gasteiger partial charge in [0.05, 0.1) is 16.6 Å². The Morgan fingerprint density at radius 1 is 0.833 bits per heavy atom. The SMILES string of the molecule is Fc1cccc(-c2nc3nc(-c4ccccc4)cc(C(F)(F)F)c3c3nnnn23)c1. The predicted octanol–water partition coefficient (Wildman–Crippen LogP) is 4.56. The van der Waals surface area contributed by atoms with Crippen LogP contribution in [-0.4, -0.2) is 30.0 Å². The molecule has 0 unspecified atom stereocenters. The van der Waals surface area contributed by atoms with Gasteiger partial charge in [0.1, 0.15) is 5.82 Å². The molecule has 5 rings (SSSR count). The quantitative estimate of drug-likeness (QED) is 0.399. The van der Waals surface area contributed by atoms with E-state index in [2.05, 4.69) is 25.5 Å². The number of hydrogen-bond donors (Lipinski definition) is 0. The summed E-state index contributed by atoms with van der Waals surface area (Å²) in [5.41, 5.74) is -0.411. The van der Waals surface area contributed by atoms with Crippen LogP contribution >= 0.6 is 0 Å². The second kappa shape index (κ2) is 6.55. The van der Waals surface area contributed by atoms with Gasteiger partial charge in [-0.15, -0.1) is 5.10 Å². The van der Waals surface area contributed by atoms with Crippen LogP contribution in [0.15, 0.2) is 60.7 Å². The maximum absolute atomic E-state index is 13.9. The lowest BCUT2D eigenvalue weighted by Gasteiger charge is -2.14. The number of fused-ring (bicyclic) bond motifs is 3. The standard InChI is InChI=1S/C20H10F4N6/c21-13-8-4-7-12(9-13)18-26-17-16(19-27-28-29-30(18)19)14(20(22,23)24)10-15(25-17)11-5-2-1-3-6-11/h1-10H. The van der Waals surface area contributed by atoms with Crippen LogP contribution in [-0.2, 0) is 6.18 Å². The molecule has 0 radical (unpaired) electrons. The van der Waals surface area contributed by atoms with E-state index >= 15 is 0 Å². The second-order valence-corrected chi connectivity index (χ2v) is 6.48. The number of rotatable bonds is 2. The molecule has 0 bridgehead atoms. The zero-order valence-electron chi connectivity index (χ0n) is 15.0. The number of tetrazole rings is 1. The molecule has 3 aromatic heterocycles. The highest BCUT2D eigenvalue weighted by atomic mass is 19.4. The molecule has 0 spiro atoms. The minimum atomic E-state index is -4.70. The van der Waals surface area contributed by atoms with Gasteiger partial charge in [-0.05, 0) is 28.6 Å². The van der Waals surface area contributed by atoms with Crippen molar-refractivity contribution in [3.05, 3.63) is 72.0 Å². The summed E-state index contributed by atoms with van der Waals surface area (Å²) >= 11 is 0. The maximum atomic E-state index is 13.9. The molecule has 0 atom stereocenters. The number of halogens is 4. The number of aromatic nitrogens is 6. The van der Waals surface area contributed by atoms with E-state index in [4.69, 9.17) is 0 Å². The van der Waals surface area contributed by atoms with Crippen molar-refractivity contribution in [1.82, 2.24) is 30.0 Å². The van der Waals surface area contributed by atoms with E-state index < -0.39 is 17.6 Å². The van der Waals surface area contributed by atoms with E-state index in [9.17, 15) is 17.6 Å². The van der Waals surface area contributed by atoms with Gasteiger partial charge in [-0.25, -0.2) is 14.4 Å². The Bertz CT molecular complexity index is 1400. The molecule has 0 saturated heterocycles. The third-order valence-electron chi connectivity index (χ3n) is 4.56. The van der Waals surface area contributed by atoms with Gasteiger partial charge in [-0.3, -0.25) is 0 Å². The van der Waals surface area contributed by atoms with Crippen molar-refractivity contribution in [2.24, 2.45) is 0 Å². The lowest BCUT2D eigenvalue weighted by atomic mass is 10.1. The molecule has 0 amide bonds. The Kier molecular flexibility index (Phi) is 3.95. The summed E-state index contributed by atoms with van der Waals surface area (Å²) < 4.78 is 56.6. The third kappa shape index (κ3) is 2.93. The number of hydrogen-bond acceptors (Lipinski definition) is 5. The lowest BCUT2D eigenvalue weighted by Crippen LogP contribution is -2.10. The monoisotopic (exact) mass is 410 g/mol. The van der Waals surface area contributed by atoms with Crippen LogP contribution in [0, 0.1) is 5.82 Å². The van der Waals surface area contributed by atoms with Crippen LogP contribution in [0.1, 0.15) is 5.56 Å². The van der Waals surface area contributed by atoms with E-state index in [-0.39, 0.29) is 28.2 Å². The van der Waals surface area contributed by atoms with Crippen LogP contribution in [0.25, 0.3) is 39.3 Å². The molecule has 2 aromatic carbocycles. The van der Waals surface area contributed by atoms with Gasteiger partial charge >= 0.3 is 6.18 Å². The first-order valence-electron chi connectivity index (χ1n) is 8.73. The highest BCUT2D eigenvalue weighted by Crippen LogP contribution is 2.38. The maximum Gasteiger partial charge on any atom is 0.417 e. The summed E-state index contributed by atoms with van der Waals surface area (Å²) in [4.78, 5) is 8.63. The van der Waals surface area contributed by atoms with E-state index in [0.717, 1.165) is 10.6 Å². The molecule has 5 aromatic rings. The molecule has 3 heterocycles. The molecule has 6 nitrogen and oxygen atoms in total. The third-order valence-corrected chi connectivity index (χ3v) is 4.56. The molecule has 0 aliphatic carbocycles. The van der Waals surface area contributed by atoms with Crippen molar-refractivity contribution in [3.8, 4) is 22.6 Å². The van der Waals surface area contributed by atoms with Crippen molar-refractivity contribution in [2.45, 2.75) is 6.18 Å². The van der Waals surface area contributed by atoms with Crippen molar-refractivity contribution < 1.29 is 17.6 Å². The summed E-state index contributed by atoms with van der Waals surface area (Å²) in [5.74, 6) is -0.453. The number of nitrogens with zero attached hydrogens (tertiary/aromatic N) is 6. The summed E-state index contributed by atoms with van der Waals surface area (Å²) in [7, 11) is 0. The highest BCUT2D eigenvalue weighted by molar-refractivity contribution is 5.95. The number of benzene rings is 2. The van der Waals surface area contributed by atoms with Crippen LogP contribution in [0.2, 0.25) is 0 Å². The van der Waals surface area contributed by atoms with Gasteiger partial charge in [0.15, 0.2) is 17.1 Å². The highest BCUT2D eigenvalue weighted by Gasteiger charge is 2.36. The van der Waals surface area contributed by atoms with Crippen molar-refractivity contribution in [2.75, 3.05) is 0 Å². The average Bonchev–Trinajstić information content (AvgIpc) is 3.22. The topological polar surface area (TPSA) is 68.9 Å². The van der Waals surface area contributed by atoms with Crippen LogP contribution in [0.4, 0.5) is 17.6 Å². The fourth-order valence-corrected chi connectivity index (χ4v) is 3.26. The number of pyridine rings is 1. The predicted molar refractivity (Wildman–Crippen MR) is 99.7 cm³/mol. The van der Waals surface area contributed by atoms with Crippen LogP contribution in [0.5, 0.6) is 0 Å². The Labute approximate surface area is 165 Å². The van der Waals surface area contributed by atoms with Gasteiger partial charge in [-0.2, -0.15) is 17.7 Å². The largest absolute Gasteiger partial charge is 0.417 e. The Morgan fingerprint density at radius 3 is 2.33 bits per heavy atom. The number of alkyl halides is 3. The Balaban J connectivity index is 1.91. The molecular formula is C20H10F4N6. The molecule has 148 valence electrons. The van der Waals surface area contributed by atoms with E-state index in [0.29, 0.717) is 11.1 Å². The molecule has 10 heteroatoms. The lowest BCUT2D eigenvalue weighted by molar-refractivity contribution is -0.136. The van der Waals surface area contributed by atoms with Gasteiger partial charge < -0.3 is 0 Å². The molecular weight excluding hydrogens is 400 g/mol. The first kappa shape index (κ1) is 18.1. The molecule has 0 saturated carbocycles. The summed E-state index contributed by atoms with van der Waals surface area (Å²) in [6, 6.07) is 14.9. The summed E-state index contributed by atoms with van der Waals surface area (Å²) in [6.07, 6.45) is -4.70. The van der Waals surface area contributed by atoms with Crippen molar-refractivity contribution >= 4 is 16.7 Å². The van der Waals surface area contributed by atoms with E-state index in [1.807, 2.05) is 0 Å². The zero-order chi connectivity index (χ0) is 20.9. The smallest absolute Gasteiger partial charge is 0.228 e. The Morgan fingerprint density at radius 2 is 1.60 bits per heavy atom. The van der Waals surface area contributed by atoms with Gasteiger partial charge in [0, 0.05) is 11.1 Å². The zero-order valence-corrected chi connectivity index (χ0v) is 15.0. The van der Waals surface area contributed by atoms with E-state index in [1.54, 1.807) is 36.4 Å². The summed E-state index contributed by atoms with van der Waals surface area (Å²) in [6.45, 7) is 0. The fourth-order valence-electron chi connectivity index (χ4n) is 3.26. The fraction of sp³-hybridized carbons (Fsp3) is 0.0500. The first-order chi connectivity index (χ1) is 14.4. The minimum absolute atomic E-state index is 0.0767. The first-order valence-corrected chi connectivity index (χ1v) is 8.73. The molecule has 0 N–H and O–H groups in total. The molecule has 0 fully saturated rings. The van der Waals surface area contributed by atoms with Gasteiger partial charge in [0.25, 0.3) is 0 Å². The Hall–Kier alpha value is -3.95. The van der Waals surface area contributed by atoms with Crippen LogP contribution < -0.4 is 0 Å². The second-order valence-electron chi connectivity index (χ2n) is 6.48. The van der Waals surface area contributed by atoms with Crippen molar-refractivity contribution in [1.29, 1.82) is 0 Å². The van der Waals surface area contributed by atoms with Gasteiger partial charge in [0.2, 0.25) is 0 Å². The molecule has 0 aliphatic rings.